The summed E-state index contributed by atoms with van der Waals surface area (Å²) in [5.41, 5.74) is 4.05. The van der Waals surface area contributed by atoms with Crippen LogP contribution < -0.4 is 10.6 Å². The maximum atomic E-state index is 14.5. The number of rotatable bonds is 9. The van der Waals surface area contributed by atoms with E-state index in [1.54, 1.807) is 16.9 Å². The van der Waals surface area contributed by atoms with Gasteiger partial charge in [0.15, 0.2) is 0 Å². The Morgan fingerprint density at radius 1 is 1.13 bits per heavy atom. The zero-order valence-corrected chi connectivity index (χ0v) is 22.3. The van der Waals surface area contributed by atoms with E-state index >= 15 is 0 Å². The molecule has 1 unspecified atom stereocenters. The molecule has 1 aliphatic rings. The van der Waals surface area contributed by atoms with Crippen molar-refractivity contribution in [3.05, 3.63) is 65.3 Å². The average molecular weight is 520 g/mol. The number of amides is 2. The quantitative estimate of drug-likeness (QED) is 0.403. The van der Waals surface area contributed by atoms with E-state index in [0.29, 0.717) is 11.6 Å². The number of nitrogens with zero attached hydrogens (tertiary/aromatic N) is 5. The van der Waals surface area contributed by atoms with E-state index in [1.165, 1.54) is 18.5 Å². The van der Waals surface area contributed by atoms with Crippen LogP contribution in [0.5, 0.6) is 0 Å². The molecule has 200 valence electrons. The zero-order valence-electron chi connectivity index (χ0n) is 22.3. The summed E-state index contributed by atoms with van der Waals surface area (Å²) in [5, 5.41) is 9.55. The minimum absolute atomic E-state index is 0.123. The summed E-state index contributed by atoms with van der Waals surface area (Å²) in [6.07, 6.45) is 11.4. The number of pyridine rings is 2. The third-order valence-corrected chi connectivity index (χ3v) is 6.86. The first-order chi connectivity index (χ1) is 18.2. The normalized spacial score (nSPS) is 16.0. The van der Waals surface area contributed by atoms with Crippen molar-refractivity contribution in [3.63, 3.8) is 0 Å². The maximum Gasteiger partial charge on any atom is 0.257 e. The van der Waals surface area contributed by atoms with Crippen molar-refractivity contribution in [3.8, 4) is 0 Å². The summed E-state index contributed by atoms with van der Waals surface area (Å²) in [5.74, 6) is -0.953. The lowest BCUT2D eigenvalue weighted by atomic mass is 10.0. The summed E-state index contributed by atoms with van der Waals surface area (Å²) in [6.45, 7) is 8.12. The van der Waals surface area contributed by atoms with Gasteiger partial charge in [-0.15, -0.1) is 0 Å². The van der Waals surface area contributed by atoms with Crippen molar-refractivity contribution in [2.45, 2.75) is 40.0 Å². The van der Waals surface area contributed by atoms with Gasteiger partial charge in [0.25, 0.3) is 5.91 Å². The van der Waals surface area contributed by atoms with Crippen LogP contribution in [0.25, 0.3) is 11.6 Å². The van der Waals surface area contributed by atoms with E-state index in [9.17, 15) is 14.0 Å². The summed E-state index contributed by atoms with van der Waals surface area (Å²) < 4.78 is 16.2. The Morgan fingerprint density at radius 2 is 1.95 bits per heavy atom. The lowest BCUT2D eigenvalue weighted by Gasteiger charge is -2.15. The average Bonchev–Trinajstić information content (AvgIpc) is 3.54. The van der Waals surface area contributed by atoms with Gasteiger partial charge in [-0.25, -0.2) is 4.98 Å². The molecule has 0 radical (unpaired) electrons. The molecule has 9 nitrogen and oxygen atoms in total. The molecule has 4 rings (SSSR count). The Bertz CT molecular complexity index is 1350. The van der Waals surface area contributed by atoms with E-state index in [-0.39, 0.29) is 23.7 Å². The van der Waals surface area contributed by atoms with Gasteiger partial charge in [-0.05, 0) is 61.6 Å². The highest BCUT2D eigenvalue weighted by Crippen LogP contribution is 2.24. The van der Waals surface area contributed by atoms with Crippen LogP contribution in [0.4, 0.5) is 15.8 Å². The molecule has 2 amide bonds. The van der Waals surface area contributed by atoms with Crippen molar-refractivity contribution in [2.75, 3.05) is 30.3 Å². The first-order valence-corrected chi connectivity index (χ1v) is 12.9. The summed E-state index contributed by atoms with van der Waals surface area (Å²) in [7, 11) is 1.86. The molecule has 0 aliphatic carbocycles. The molecule has 1 aliphatic heterocycles. The molecule has 1 fully saturated rings. The first-order valence-electron chi connectivity index (χ1n) is 12.9. The van der Waals surface area contributed by atoms with Crippen LogP contribution in [0.15, 0.2) is 36.9 Å². The molecule has 0 aromatic carbocycles. The van der Waals surface area contributed by atoms with E-state index in [4.69, 9.17) is 0 Å². The zero-order chi connectivity index (χ0) is 27.2. The Kier molecular flexibility index (Phi) is 8.62. The Morgan fingerprint density at radius 3 is 2.63 bits per heavy atom. The van der Waals surface area contributed by atoms with Gasteiger partial charge in [0.1, 0.15) is 0 Å². The van der Waals surface area contributed by atoms with E-state index in [0.717, 1.165) is 54.7 Å². The molecule has 0 bridgehead atoms. The molecule has 1 atom stereocenters. The van der Waals surface area contributed by atoms with E-state index < -0.39 is 11.9 Å². The molecular formula is C28H34FN7O2. The number of carbonyl (C=O) groups excluding carboxylic acids is 2. The summed E-state index contributed by atoms with van der Waals surface area (Å²) >= 11 is 0. The van der Waals surface area contributed by atoms with Gasteiger partial charge >= 0.3 is 0 Å². The Labute approximate surface area is 222 Å². The number of carbonyl (C=O) groups is 2. The lowest BCUT2D eigenvalue weighted by molar-refractivity contribution is -0.117. The van der Waals surface area contributed by atoms with Crippen molar-refractivity contribution in [1.82, 2.24) is 24.6 Å². The third kappa shape index (κ3) is 6.69. The molecule has 10 heteroatoms. The van der Waals surface area contributed by atoms with Crippen LogP contribution in [-0.4, -0.2) is 56.1 Å². The number of allylic oxidation sites excluding steroid dienone is 1. The summed E-state index contributed by atoms with van der Waals surface area (Å²) in [4.78, 5) is 35.7. The standard InChI is InChI=1S/C28H34FN7O2/c1-5-19-7-8-36(15-19)17-26(37)33-24-11-25(27(29)31-14-24)34-28(38)22-10-21(18(3)30-12-22)9-20(6-2)23-13-32-35(4)16-23/h9-14,16,19H,5-8,15,17H2,1-4H3,(H,33,37)(H,34,38)/b20-9+. The van der Waals surface area contributed by atoms with Crippen LogP contribution in [0, 0.1) is 18.8 Å². The minimum atomic E-state index is -0.841. The number of aromatic nitrogens is 4. The number of halogens is 1. The van der Waals surface area contributed by atoms with Crippen molar-refractivity contribution in [1.29, 1.82) is 0 Å². The molecule has 1 saturated heterocycles. The predicted octanol–water partition coefficient (Wildman–Crippen LogP) is 4.53. The minimum Gasteiger partial charge on any atom is -0.324 e. The fraction of sp³-hybridized carbons (Fsp3) is 0.393. The van der Waals surface area contributed by atoms with Crippen LogP contribution >= 0.6 is 0 Å². The number of hydrogen-bond donors (Lipinski definition) is 2. The van der Waals surface area contributed by atoms with Crippen molar-refractivity contribution < 1.29 is 14.0 Å². The topological polar surface area (TPSA) is 105 Å². The number of nitrogens with one attached hydrogen (secondary N) is 2. The Hall–Kier alpha value is -3.92. The fourth-order valence-electron chi connectivity index (χ4n) is 4.58. The number of aryl methyl sites for hydroxylation is 2. The third-order valence-electron chi connectivity index (χ3n) is 6.86. The molecule has 3 aromatic heterocycles. The molecule has 0 saturated carbocycles. The van der Waals surface area contributed by atoms with Gasteiger partial charge in [-0.3, -0.25) is 24.2 Å². The smallest absolute Gasteiger partial charge is 0.257 e. The highest BCUT2D eigenvalue weighted by atomic mass is 19.1. The van der Waals surface area contributed by atoms with Crippen molar-refractivity contribution in [2.24, 2.45) is 13.0 Å². The lowest BCUT2D eigenvalue weighted by Crippen LogP contribution is -2.31. The van der Waals surface area contributed by atoms with E-state index in [2.05, 4.69) is 37.5 Å². The Balaban J connectivity index is 1.46. The van der Waals surface area contributed by atoms with Gasteiger partial charge in [0, 0.05) is 37.2 Å². The van der Waals surface area contributed by atoms with Gasteiger partial charge in [-0.1, -0.05) is 20.3 Å². The monoisotopic (exact) mass is 519 g/mol. The van der Waals surface area contributed by atoms with Crippen LogP contribution in [-0.2, 0) is 11.8 Å². The first kappa shape index (κ1) is 27.1. The van der Waals surface area contributed by atoms with Gasteiger partial charge < -0.3 is 10.6 Å². The van der Waals surface area contributed by atoms with E-state index in [1.807, 2.05) is 33.2 Å². The van der Waals surface area contributed by atoms with Gasteiger partial charge in [0.05, 0.1) is 35.9 Å². The SMILES string of the molecule is CC/C(=C\c1cc(C(=O)Nc2cc(NC(=O)CN3CCC(CC)C3)cnc2F)cnc1C)c1cnn(C)c1. The van der Waals surface area contributed by atoms with Gasteiger partial charge in [0.2, 0.25) is 11.9 Å². The maximum absolute atomic E-state index is 14.5. The highest BCUT2D eigenvalue weighted by molar-refractivity contribution is 6.05. The number of likely N-dealkylation sites (tertiary alicyclic amines) is 1. The molecule has 0 spiro atoms. The molecular weight excluding hydrogens is 485 g/mol. The highest BCUT2D eigenvalue weighted by Gasteiger charge is 2.23. The van der Waals surface area contributed by atoms with Crippen LogP contribution in [0.2, 0.25) is 0 Å². The number of anilines is 2. The fourth-order valence-corrected chi connectivity index (χ4v) is 4.58. The molecule has 3 aromatic rings. The van der Waals surface area contributed by atoms with Crippen LogP contribution in [0.1, 0.15) is 60.3 Å². The van der Waals surface area contributed by atoms with Crippen LogP contribution in [0.3, 0.4) is 0 Å². The van der Waals surface area contributed by atoms with Crippen molar-refractivity contribution >= 4 is 34.8 Å². The molecule has 38 heavy (non-hydrogen) atoms. The molecule has 4 heterocycles. The predicted molar refractivity (Wildman–Crippen MR) is 146 cm³/mol. The second kappa shape index (κ2) is 12.1. The largest absolute Gasteiger partial charge is 0.324 e. The second-order valence-electron chi connectivity index (χ2n) is 9.69. The number of hydrogen-bond acceptors (Lipinski definition) is 6. The molecule has 2 N–H and O–H groups in total. The van der Waals surface area contributed by atoms with Gasteiger partial charge in [-0.2, -0.15) is 9.49 Å². The second-order valence-corrected chi connectivity index (χ2v) is 9.69. The summed E-state index contributed by atoms with van der Waals surface area (Å²) in [6, 6.07) is 3.09.